The number of thiazole rings is 1. The standard InChI is InChI=1S/C18H17BrN2O2S2/c1-23-9-13-4-2-3-12(5-13)8-20-17(22)7-15-11-25-18(21-15)16-6-14(19)10-24-16/h2-6,10-11H,7-9H2,1H3,(H,20,22). The van der Waals surface area contributed by atoms with Crippen molar-refractivity contribution in [1.29, 1.82) is 0 Å². The molecule has 4 nitrogen and oxygen atoms in total. The Balaban J connectivity index is 1.54. The Morgan fingerprint density at radius 3 is 2.84 bits per heavy atom. The van der Waals surface area contributed by atoms with Gasteiger partial charge in [0.25, 0.3) is 0 Å². The lowest BCUT2D eigenvalue weighted by Gasteiger charge is -2.06. The van der Waals surface area contributed by atoms with E-state index in [1.807, 2.05) is 41.1 Å². The molecule has 130 valence electrons. The van der Waals surface area contributed by atoms with Gasteiger partial charge in [0, 0.05) is 28.9 Å². The minimum absolute atomic E-state index is 0.0265. The number of nitrogens with zero attached hydrogens (tertiary/aromatic N) is 1. The number of methoxy groups -OCH3 is 1. The quantitative estimate of drug-likeness (QED) is 0.586. The summed E-state index contributed by atoms with van der Waals surface area (Å²) in [5, 5.41) is 7.87. The number of ether oxygens (including phenoxy) is 1. The van der Waals surface area contributed by atoms with Crippen molar-refractivity contribution >= 4 is 44.5 Å². The van der Waals surface area contributed by atoms with E-state index in [-0.39, 0.29) is 5.91 Å². The van der Waals surface area contributed by atoms with Crippen LogP contribution in [0.3, 0.4) is 0 Å². The number of thiophene rings is 1. The number of hydrogen-bond acceptors (Lipinski definition) is 5. The van der Waals surface area contributed by atoms with E-state index >= 15 is 0 Å². The van der Waals surface area contributed by atoms with Crippen LogP contribution in [0.5, 0.6) is 0 Å². The highest BCUT2D eigenvalue weighted by Crippen LogP contribution is 2.32. The molecule has 7 heteroatoms. The molecule has 3 rings (SSSR count). The van der Waals surface area contributed by atoms with Gasteiger partial charge in [-0.1, -0.05) is 24.3 Å². The number of rotatable bonds is 7. The molecule has 25 heavy (non-hydrogen) atoms. The van der Waals surface area contributed by atoms with Crippen LogP contribution in [0, 0.1) is 0 Å². The first-order valence-electron chi connectivity index (χ1n) is 7.66. The monoisotopic (exact) mass is 436 g/mol. The van der Waals surface area contributed by atoms with Crippen molar-refractivity contribution in [1.82, 2.24) is 10.3 Å². The summed E-state index contributed by atoms with van der Waals surface area (Å²) in [5.74, 6) is -0.0265. The normalized spacial score (nSPS) is 10.8. The van der Waals surface area contributed by atoms with E-state index in [4.69, 9.17) is 4.74 Å². The second-order valence-corrected chi connectivity index (χ2v) is 8.16. The molecular formula is C18H17BrN2O2S2. The van der Waals surface area contributed by atoms with E-state index in [1.165, 1.54) is 0 Å². The number of carbonyl (C=O) groups is 1. The maximum absolute atomic E-state index is 12.2. The van der Waals surface area contributed by atoms with Crippen LogP contribution in [0.25, 0.3) is 9.88 Å². The predicted molar refractivity (Wildman–Crippen MR) is 106 cm³/mol. The maximum Gasteiger partial charge on any atom is 0.226 e. The molecule has 0 saturated carbocycles. The molecule has 3 aromatic rings. The number of hydrogen-bond donors (Lipinski definition) is 1. The Labute approximate surface area is 163 Å². The molecule has 0 aliphatic carbocycles. The van der Waals surface area contributed by atoms with Crippen LogP contribution in [-0.2, 0) is 29.1 Å². The highest BCUT2D eigenvalue weighted by molar-refractivity contribution is 9.10. The molecule has 0 radical (unpaired) electrons. The van der Waals surface area contributed by atoms with Crippen LogP contribution in [0.2, 0.25) is 0 Å². The fourth-order valence-electron chi connectivity index (χ4n) is 2.35. The van der Waals surface area contributed by atoms with Crippen molar-refractivity contribution in [3.05, 3.63) is 62.4 Å². The smallest absolute Gasteiger partial charge is 0.226 e. The molecule has 0 aliphatic rings. The van der Waals surface area contributed by atoms with Gasteiger partial charge in [0.2, 0.25) is 5.91 Å². The molecule has 0 unspecified atom stereocenters. The van der Waals surface area contributed by atoms with Crippen LogP contribution in [-0.4, -0.2) is 18.0 Å². The second-order valence-electron chi connectivity index (χ2n) is 5.48. The minimum atomic E-state index is -0.0265. The van der Waals surface area contributed by atoms with Gasteiger partial charge < -0.3 is 10.1 Å². The van der Waals surface area contributed by atoms with Gasteiger partial charge in [-0.25, -0.2) is 4.98 Å². The van der Waals surface area contributed by atoms with Crippen molar-refractivity contribution in [2.75, 3.05) is 7.11 Å². The van der Waals surface area contributed by atoms with Crippen LogP contribution in [0.15, 0.2) is 45.6 Å². The van der Waals surface area contributed by atoms with E-state index in [0.29, 0.717) is 19.6 Å². The predicted octanol–water partition coefficient (Wildman–Crippen LogP) is 4.64. The van der Waals surface area contributed by atoms with Crippen LogP contribution < -0.4 is 5.32 Å². The first-order valence-corrected chi connectivity index (χ1v) is 10.2. The molecule has 0 saturated heterocycles. The van der Waals surface area contributed by atoms with Gasteiger partial charge in [-0.05, 0) is 33.1 Å². The number of carbonyl (C=O) groups excluding carboxylic acids is 1. The summed E-state index contributed by atoms with van der Waals surface area (Å²) in [6, 6.07) is 10.1. The Kier molecular flexibility index (Phi) is 6.36. The minimum Gasteiger partial charge on any atom is -0.380 e. The van der Waals surface area contributed by atoms with Crippen LogP contribution >= 0.6 is 38.6 Å². The van der Waals surface area contributed by atoms with Crippen LogP contribution in [0.1, 0.15) is 16.8 Å². The topological polar surface area (TPSA) is 51.2 Å². The van der Waals surface area contributed by atoms with Crippen molar-refractivity contribution in [2.45, 2.75) is 19.6 Å². The van der Waals surface area contributed by atoms with Crippen molar-refractivity contribution < 1.29 is 9.53 Å². The zero-order valence-electron chi connectivity index (χ0n) is 13.6. The lowest BCUT2D eigenvalue weighted by Crippen LogP contribution is -2.24. The van der Waals surface area contributed by atoms with Crippen molar-refractivity contribution in [3.8, 4) is 9.88 Å². The van der Waals surface area contributed by atoms with E-state index < -0.39 is 0 Å². The summed E-state index contributed by atoms with van der Waals surface area (Å²) >= 11 is 6.65. The van der Waals surface area contributed by atoms with Gasteiger partial charge in [0.15, 0.2) is 0 Å². The lowest BCUT2D eigenvalue weighted by atomic mass is 10.1. The van der Waals surface area contributed by atoms with E-state index in [1.54, 1.807) is 29.8 Å². The molecule has 0 fully saturated rings. The van der Waals surface area contributed by atoms with Gasteiger partial charge in [0.1, 0.15) is 5.01 Å². The average Bonchev–Trinajstić information content (AvgIpc) is 3.23. The van der Waals surface area contributed by atoms with Crippen molar-refractivity contribution in [2.24, 2.45) is 0 Å². The lowest BCUT2D eigenvalue weighted by molar-refractivity contribution is -0.120. The summed E-state index contributed by atoms with van der Waals surface area (Å²) in [6.45, 7) is 1.08. The molecule has 1 amide bonds. The summed E-state index contributed by atoms with van der Waals surface area (Å²) in [6.07, 6.45) is 0.292. The van der Waals surface area contributed by atoms with E-state index in [2.05, 4.69) is 26.2 Å². The number of halogens is 1. The molecule has 1 aromatic carbocycles. The Bertz CT molecular complexity index is 860. The highest BCUT2D eigenvalue weighted by Gasteiger charge is 2.10. The third-order valence-electron chi connectivity index (χ3n) is 3.46. The molecule has 0 aliphatic heterocycles. The largest absolute Gasteiger partial charge is 0.380 e. The fourth-order valence-corrected chi connectivity index (χ4v) is 4.68. The number of benzene rings is 1. The van der Waals surface area contributed by atoms with Crippen LogP contribution in [0.4, 0.5) is 0 Å². The highest BCUT2D eigenvalue weighted by atomic mass is 79.9. The Morgan fingerprint density at radius 2 is 2.08 bits per heavy atom. The van der Waals surface area contributed by atoms with Gasteiger partial charge in [-0.2, -0.15) is 0 Å². The molecule has 0 spiro atoms. The summed E-state index contributed by atoms with van der Waals surface area (Å²) in [5.41, 5.74) is 2.96. The Hall–Kier alpha value is -1.54. The second kappa shape index (κ2) is 8.71. The molecule has 2 heterocycles. The summed E-state index contributed by atoms with van der Waals surface area (Å²) in [7, 11) is 1.67. The van der Waals surface area contributed by atoms with E-state index in [0.717, 1.165) is 31.2 Å². The molecule has 0 atom stereocenters. The Morgan fingerprint density at radius 1 is 1.24 bits per heavy atom. The van der Waals surface area contributed by atoms with Gasteiger partial charge in [0.05, 0.1) is 23.6 Å². The van der Waals surface area contributed by atoms with Crippen molar-refractivity contribution in [3.63, 3.8) is 0 Å². The number of amides is 1. The number of nitrogens with one attached hydrogen (secondary N) is 1. The van der Waals surface area contributed by atoms with Gasteiger partial charge in [-0.3, -0.25) is 4.79 Å². The SMILES string of the molecule is COCc1cccc(CNC(=O)Cc2csc(-c3cc(Br)cs3)n2)c1. The maximum atomic E-state index is 12.2. The third kappa shape index (κ3) is 5.22. The van der Waals surface area contributed by atoms with Gasteiger partial charge >= 0.3 is 0 Å². The molecule has 0 bridgehead atoms. The van der Waals surface area contributed by atoms with Gasteiger partial charge in [-0.15, -0.1) is 22.7 Å². The third-order valence-corrected chi connectivity index (χ3v) is 6.22. The fraction of sp³-hybridized carbons (Fsp3) is 0.222. The first-order chi connectivity index (χ1) is 12.1. The molecule has 2 aromatic heterocycles. The first kappa shape index (κ1) is 18.3. The average molecular weight is 437 g/mol. The van der Waals surface area contributed by atoms with E-state index in [9.17, 15) is 4.79 Å². The number of aromatic nitrogens is 1. The summed E-state index contributed by atoms with van der Waals surface area (Å²) < 4.78 is 6.18. The molecule has 1 N–H and O–H groups in total. The summed E-state index contributed by atoms with van der Waals surface area (Å²) in [4.78, 5) is 17.8. The zero-order chi connectivity index (χ0) is 17.6. The zero-order valence-corrected chi connectivity index (χ0v) is 16.8. The molecular weight excluding hydrogens is 420 g/mol.